The van der Waals surface area contributed by atoms with Gasteiger partial charge in [-0.2, -0.15) is 0 Å². The number of halogens is 1. The van der Waals surface area contributed by atoms with Gasteiger partial charge in [0.15, 0.2) is 0 Å². The first-order valence-corrected chi connectivity index (χ1v) is 6.54. The first kappa shape index (κ1) is 15.7. The van der Waals surface area contributed by atoms with Crippen LogP contribution in [0.3, 0.4) is 0 Å². The van der Waals surface area contributed by atoms with E-state index in [0.717, 1.165) is 45.4 Å². The van der Waals surface area contributed by atoms with Crippen LogP contribution < -0.4 is 5.32 Å². The van der Waals surface area contributed by atoms with Crippen LogP contribution in [0.2, 0.25) is 0 Å². The third-order valence-corrected chi connectivity index (χ3v) is 4.16. The highest BCUT2D eigenvalue weighted by Crippen LogP contribution is 2.33. The van der Waals surface area contributed by atoms with Crippen molar-refractivity contribution in [3.63, 3.8) is 0 Å². The summed E-state index contributed by atoms with van der Waals surface area (Å²) in [6.07, 6.45) is 2.68. The SMILES string of the molecule is COC1(C(=O)N2CCC(C)(C)C2)CCNCC1.Cl. The Bertz CT molecular complexity index is 301. The number of amides is 1. The van der Waals surface area contributed by atoms with Crippen molar-refractivity contribution in [3.05, 3.63) is 0 Å². The van der Waals surface area contributed by atoms with E-state index in [1.165, 1.54) is 0 Å². The van der Waals surface area contributed by atoms with Crippen LogP contribution >= 0.6 is 12.4 Å². The molecule has 0 bridgehead atoms. The topological polar surface area (TPSA) is 41.6 Å². The molecule has 18 heavy (non-hydrogen) atoms. The molecule has 106 valence electrons. The lowest BCUT2D eigenvalue weighted by Gasteiger charge is -2.38. The third-order valence-electron chi connectivity index (χ3n) is 4.16. The van der Waals surface area contributed by atoms with Gasteiger partial charge >= 0.3 is 0 Å². The zero-order chi connectivity index (χ0) is 12.5. The zero-order valence-electron chi connectivity index (χ0n) is 11.6. The van der Waals surface area contributed by atoms with Crippen LogP contribution in [0, 0.1) is 5.41 Å². The Morgan fingerprint density at radius 1 is 1.22 bits per heavy atom. The van der Waals surface area contributed by atoms with Crippen LogP contribution in [0.25, 0.3) is 0 Å². The largest absolute Gasteiger partial charge is 0.368 e. The number of carbonyl (C=O) groups excluding carboxylic acids is 1. The van der Waals surface area contributed by atoms with Gasteiger partial charge in [-0.1, -0.05) is 13.8 Å². The van der Waals surface area contributed by atoms with Gasteiger partial charge in [-0.25, -0.2) is 0 Å². The molecule has 0 spiro atoms. The van der Waals surface area contributed by atoms with Gasteiger partial charge in [0.05, 0.1) is 0 Å². The van der Waals surface area contributed by atoms with Gasteiger partial charge in [-0.15, -0.1) is 12.4 Å². The molecule has 1 amide bonds. The molecule has 0 atom stereocenters. The average Bonchev–Trinajstić information content (AvgIpc) is 2.69. The highest BCUT2D eigenvalue weighted by Gasteiger charge is 2.45. The second-order valence-electron chi connectivity index (χ2n) is 6.09. The fraction of sp³-hybridized carbons (Fsp3) is 0.923. The molecule has 2 aliphatic heterocycles. The quantitative estimate of drug-likeness (QED) is 0.830. The minimum atomic E-state index is -0.564. The number of carbonyl (C=O) groups is 1. The van der Waals surface area contributed by atoms with Crippen molar-refractivity contribution in [2.75, 3.05) is 33.3 Å². The summed E-state index contributed by atoms with van der Waals surface area (Å²) in [5, 5.41) is 3.28. The van der Waals surface area contributed by atoms with Crippen molar-refractivity contribution in [1.29, 1.82) is 0 Å². The van der Waals surface area contributed by atoms with E-state index in [9.17, 15) is 4.79 Å². The van der Waals surface area contributed by atoms with E-state index < -0.39 is 5.60 Å². The lowest BCUT2D eigenvalue weighted by Crippen LogP contribution is -2.55. The maximum atomic E-state index is 12.6. The normalized spacial score (nSPS) is 25.6. The number of nitrogens with zero attached hydrogens (tertiary/aromatic N) is 1. The van der Waals surface area contributed by atoms with Crippen molar-refractivity contribution in [3.8, 4) is 0 Å². The summed E-state index contributed by atoms with van der Waals surface area (Å²) in [5.41, 5.74) is -0.302. The summed E-state index contributed by atoms with van der Waals surface area (Å²) in [4.78, 5) is 14.6. The summed E-state index contributed by atoms with van der Waals surface area (Å²) >= 11 is 0. The number of methoxy groups -OCH3 is 1. The van der Waals surface area contributed by atoms with E-state index in [0.29, 0.717) is 0 Å². The third kappa shape index (κ3) is 2.98. The van der Waals surface area contributed by atoms with E-state index in [1.807, 2.05) is 4.90 Å². The van der Waals surface area contributed by atoms with Crippen LogP contribution in [-0.4, -0.2) is 49.7 Å². The predicted molar refractivity (Wildman–Crippen MR) is 74.1 cm³/mol. The minimum absolute atomic E-state index is 0. The van der Waals surface area contributed by atoms with Crippen molar-refractivity contribution >= 4 is 18.3 Å². The van der Waals surface area contributed by atoms with Gasteiger partial charge in [0.25, 0.3) is 5.91 Å². The van der Waals surface area contributed by atoms with E-state index >= 15 is 0 Å². The molecule has 0 radical (unpaired) electrons. The average molecular weight is 277 g/mol. The van der Waals surface area contributed by atoms with Crippen LogP contribution in [0.4, 0.5) is 0 Å². The van der Waals surface area contributed by atoms with E-state index in [1.54, 1.807) is 7.11 Å². The highest BCUT2D eigenvalue weighted by molar-refractivity contribution is 5.86. The number of nitrogens with one attached hydrogen (secondary N) is 1. The van der Waals surface area contributed by atoms with Crippen molar-refractivity contribution < 1.29 is 9.53 Å². The summed E-state index contributed by atoms with van der Waals surface area (Å²) in [7, 11) is 1.67. The molecule has 2 heterocycles. The molecule has 1 N–H and O–H groups in total. The fourth-order valence-electron chi connectivity index (χ4n) is 2.91. The molecule has 2 fully saturated rings. The maximum Gasteiger partial charge on any atom is 0.254 e. The summed E-state index contributed by atoms with van der Waals surface area (Å²) in [6.45, 7) is 7.94. The summed E-state index contributed by atoms with van der Waals surface area (Å²) in [5.74, 6) is 0.201. The van der Waals surface area contributed by atoms with Crippen LogP contribution in [0.1, 0.15) is 33.1 Å². The Labute approximate surface area is 116 Å². The number of rotatable bonds is 2. The highest BCUT2D eigenvalue weighted by atomic mass is 35.5. The molecule has 0 aliphatic carbocycles. The second-order valence-corrected chi connectivity index (χ2v) is 6.09. The first-order valence-electron chi connectivity index (χ1n) is 6.54. The Hall–Kier alpha value is -0.320. The number of piperidine rings is 1. The fourth-order valence-corrected chi connectivity index (χ4v) is 2.91. The van der Waals surface area contributed by atoms with E-state index in [4.69, 9.17) is 4.74 Å². The van der Waals surface area contributed by atoms with Gasteiger partial charge in [-0.3, -0.25) is 4.79 Å². The molecule has 0 aromatic heterocycles. The molecule has 4 nitrogen and oxygen atoms in total. The van der Waals surface area contributed by atoms with Crippen LogP contribution in [-0.2, 0) is 9.53 Å². The predicted octanol–water partition coefficient (Wildman–Crippen LogP) is 1.44. The molecule has 0 aromatic rings. The molecule has 5 heteroatoms. The molecule has 0 aromatic carbocycles. The van der Waals surface area contributed by atoms with Crippen molar-refractivity contribution in [2.45, 2.75) is 38.7 Å². The standard InChI is InChI=1S/C13H24N2O2.ClH/c1-12(2)6-9-15(10-12)11(16)13(17-3)4-7-14-8-5-13;/h14H,4-10H2,1-3H3;1H. The van der Waals surface area contributed by atoms with Gasteiger partial charge in [-0.05, 0) is 37.8 Å². The molecular formula is C13H25ClN2O2. The first-order chi connectivity index (χ1) is 7.99. The van der Waals surface area contributed by atoms with Crippen molar-refractivity contribution in [1.82, 2.24) is 10.2 Å². The lowest BCUT2D eigenvalue weighted by molar-refractivity contribution is -0.157. The molecule has 2 rings (SSSR count). The van der Waals surface area contributed by atoms with Gasteiger partial charge in [0.1, 0.15) is 5.60 Å². The number of ether oxygens (including phenoxy) is 1. The molecular weight excluding hydrogens is 252 g/mol. The Morgan fingerprint density at radius 3 is 2.28 bits per heavy atom. The Kier molecular flexibility index (Phi) is 5.04. The zero-order valence-corrected chi connectivity index (χ0v) is 12.4. The molecule has 0 unspecified atom stereocenters. The monoisotopic (exact) mass is 276 g/mol. The van der Waals surface area contributed by atoms with Crippen molar-refractivity contribution in [2.24, 2.45) is 5.41 Å². The Balaban J connectivity index is 0.00000162. The Morgan fingerprint density at radius 2 is 1.83 bits per heavy atom. The number of likely N-dealkylation sites (tertiary alicyclic amines) is 1. The van der Waals surface area contributed by atoms with Gasteiger partial charge in [0.2, 0.25) is 0 Å². The van der Waals surface area contributed by atoms with E-state index in [2.05, 4.69) is 19.2 Å². The van der Waals surface area contributed by atoms with Crippen LogP contribution in [0.5, 0.6) is 0 Å². The lowest BCUT2D eigenvalue weighted by atomic mass is 9.90. The van der Waals surface area contributed by atoms with Crippen LogP contribution in [0.15, 0.2) is 0 Å². The maximum absolute atomic E-state index is 12.6. The molecule has 2 aliphatic rings. The summed E-state index contributed by atoms with van der Waals surface area (Å²) in [6, 6.07) is 0. The molecule has 0 saturated carbocycles. The summed E-state index contributed by atoms with van der Waals surface area (Å²) < 4.78 is 5.59. The smallest absolute Gasteiger partial charge is 0.254 e. The number of hydrogen-bond donors (Lipinski definition) is 1. The molecule has 2 saturated heterocycles. The van der Waals surface area contributed by atoms with E-state index in [-0.39, 0.29) is 23.7 Å². The number of hydrogen-bond acceptors (Lipinski definition) is 3. The minimum Gasteiger partial charge on any atom is -0.368 e. The second kappa shape index (κ2) is 5.76. The van der Waals surface area contributed by atoms with Gasteiger partial charge in [0, 0.05) is 20.2 Å². The van der Waals surface area contributed by atoms with Gasteiger partial charge < -0.3 is 15.0 Å².